The topological polar surface area (TPSA) is 189 Å². The molecule has 0 saturated heterocycles. The molecule has 0 unspecified atom stereocenters. The van der Waals surface area contributed by atoms with Gasteiger partial charge in [-0.3, -0.25) is 0 Å². The number of sulfonamides is 2. The van der Waals surface area contributed by atoms with Gasteiger partial charge in [0.25, 0.3) is 0 Å². The van der Waals surface area contributed by atoms with Crippen molar-refractivity contribution in [3.63, 3.8) is 0 Å². The Kier molecular flexibility index (Phi) is 16.7. The van der Waals surface area contributed by atoms with Gasteiger partial charge in [0.15, 0.2) is 0 Å². The number of ether oxygens (including phenoxy) is 2. The fraction of sp³-hybridized carbons (Fsp3) is 0.688. The van der Waals surface area contributed by atoms with Crippen molar-refractivity contribution < 1.29 is 41.0 Å². The number of thiophene rings is 2. The van der Waals surface area contributed by atoms with Gasteiger partial charge in [0.2, 0.25) is 20.0 Å². The number of alkyl halides is 1. The molecular weight excluding hydrogens is 748 g/mol. The maximum absolute atomic E-state index is 12.5. The smallest absolute Gasteiger partial charge is 0.407 e. The molecule has 2 aromatic heterocycles. The molecule has 2 rings (SSSR count). The second-order valence-corrected chi connectivity index (χ2v) is 21.3. The predicted octanol–water partition coefficient (Wildman–Crippen LogP) is 6.16. The highest BCUT2D eigenvalue weighted by molar-refractivity contribution is 7.90. The van der Waals surface area contributed by atoms with Crippen LogP contribution in [0.4, 0.5) is 9.59 Å². The Morgan fingerprint density at radius 2 is 1.04 bits per heavy atom. The van der Waals surface area contributed by atoms with Crippen molar-refractivity contribution >= 4 is 66.5 Å². The number of alkyl carbamates (subject to hydrolysis) is 2. The Labute approximate surface area is 311 Å². The second-order valence-electron chi connectivity index (χ2n) is 15.5. The summed E-state index contributed by atoms with van der Waals surface area (Å²) >= 11 is 8.26. The van der Waals surface area contributed by atoms with Gasteiger partial charge < -0.3 is 25.2 Å². The van der Waals surface area contributed by atoms with E-state index in [4.69, 9.17) is 21.1 Å². The minimum atomic E-state index is -3.78. The standard InChI is InChI=1S/C16H27ClN2O4S2.C16H28N2O5S2/c1-15(2,3)13(19-14(20)23-16(4,5)6)10-18-25(21,22)12-7-8-24-11(12)9-17;1-15(2,3)13(18-14(20)23-16(4,5)6)9-17-25(21,22)12-7-8-24-11(12)10-19/h7-8,13,18H,9-10H2,1-6H3,(H,19,20);7-8,13,17,19H,9-10H2,1-6H3,(H,18,20)/t2*13-/m11/s1. The van der Waals surface area contributed by atoms with Crippen LogP contribution < -0.4 is 20.1 Å². The van der Waals surface area contributed by atoms with Crippen LogP contribution in [0.15, 0.2) is 32.7 Å². The number of carbonyl (C=O) groups excluding carboxylic acids is 2. The summed E-state index contributed by atoms with van der Waals surface area (Å²) < 4.78 is 65.5. The first kappa shape index (κ1) is 46.0. The van der Waals surface area contributed by atoms with E-state index >= 15 is 0 Å². The Bertz CT molecular complexity index is 1490. The molecule has 0 aliphatic rings. The summed E-state index contributed by atoms with van der Waals surface area (Å²) in [5, 5.41) is 18.0. The zero-order chi connectivity index (χ0) is 38.9. The van der Waals surface area contributed by atoms with Crippen LogP contribution in [0.25, 0.3) is 0 Å². The normalized spacial score (nSPS) is 14.2. The molecule has 13 nitrogen and oxygen atoms in total. The number of halogens is 1. The quantitative estimate of drug-likeness (QED) is 0.157. The number of aliphatic hydroxyl groups excluding tert-OH is 1. The van der Waals surface area contributed by atoms with Crippen LogP contribution in [0.5, 0.6) is 0 Å². The average Bonchev–Trinajstić information content (AvgIpc) is 3.61. The van der Waals surface area contributed by atoms with Gasteiger partial charge in [-0.1, -0.05) is 41.5 Å². The first-order valence-electron chi connectivity index (χ1n) is 15.8. The third kappa shape index (κ3) is 16.1. The fourth-order valence-electron chi connectivity index (χ4n) is 3.94. The third-order valence-corrected chi connectivity index (χ3v) is 12.2. The summed E-state index contributed by atoms with van der Waals surface area (Å²) in [5.74, 6) is 0.132. The molecule has 0 aliphatic heterocycles. The highest BCUT2D eigenvalue weighted by Crippen LogP contribution is 2.26. The number of hydrogen-bond donors (Lipinski definition) is 5. The SMILES string of the molecule is CC(C)(C)OC(=O)N[C@H](CNS(=O)(=O)c1ccsc1CCl)C(C)(C)C.CC(C)(C)OC(=O)N[C@H](CNS(=O)(=O)c1ccsc1CO)C(C)(C)C. The molecule has 0 saturated carbocycles. The number of carbonyl (C=O) groups is 2. The molecular formula is C32H55ClN4O9S4. The van der Waals surface area contributed by atoms with Crippen LogP contribution in [-0.4, -0.2) is 70.5 Å². The van der Waals surface area contributed by atoms with E-state index in [1.165, 1.54) is 34.8 Å². The van der Waals surface area contributed by atoms with E-state index < -0.39 is 60.9 Å². The molecule has 0 aromatic carbocycles. The molecule has 0 radical (unpaired) electrons. The van der Waals surface area contributed by atoms with Crippen molar-refractivity contribution in [1.29, 1.82) is 0 Å². The molecule has 2 amide bonds. The largest absolute Gasteiger partial charge is 0.444 e. The van der Waals surface area contributed by atoms with E-state index in [1.807, 2.05) is 41.5 Å². The first-order valence-corrected chi connectivity index (χ1v) is 21.1. The van der Waals surface area contributed by atoms with E-state index in [1.54, 1.807) is 52.3 Å². The zero-order valence-electron chi connectivity index (χ0n) is 31.0. The molecule has 2 atom stereocenters. The van der Waals surface area contributed by atoms with Gasteiger partial charge in [-0.05, 0) is 75.3 Å². The van der Waals surface area contributed by atoms with Gasteiger partial charge >= 0.3 is 12.2 Å². The van der Waals surface area contributed by atoms with Gasteiger partial charge in [0.1, 0.15) is 11.2 Å². The Balaban J connectivity index is 0.000000500. The van der Waals surface area contributed by atoms with Crippen molar-refractivity contribution in [3.8, 4) is 0 Å². The molecule has 0 aliphatic carbocycles. The van der Waals surface area contributed by atoms with E-state index in [-0.39, 0.29) is 40.8 Å². The van der Waals surface area contributed by atoms with Crippen molar-refractivity contribution in [1.82, 2.24) is 20.1 Å². The molecule has 0 bridgehead atoms. The zero-order valence-corrected chi connectivity index (χ0v) is 35.0. The summed E-state index contributed by atoms with van der Waals surface area (Å²) in [7, 11) is -7.48. The Morgan fingerprint density at radius 3 is 1.34 bits per heavy atom. The van der Waals surface area contributed by atoms with Crippen molar-refractivity contribution in [3.05, 3.63) is 32.6 Å². The van der Waals surface area contributed by atoms with Gasteiger partial charge in [0.05, 0.1) is 34.4 Å². The van der Waals surface area contributed by atoms with Crippen LogP contribution >= 0.6 is 34.3 Å². The molecule has 50 heavy (non-hydrogen) atoms. The van der Waals surface area contributed by atoms with Gasteiger partial charge in [-0.25, -0.2) is 35.9 Å². The lowest BCUT2D eigenvalue weighted by atomic mass is 9.87. The maximum atomic E-state index is 12.5. The predicted molar refractivity (Wildman–Crippen MR) is 200 cm³/mol. The summed E-state index contributed by atoms with van der Waals surface area (Å²) in [6, 6.07) is 2.05. The summed E-state index contributed by atoms with van der Waals surface area (Å²) in [6.45, 7) is 21.7. The van der Waals surface area contributed by atoms with Gasteiger partial charge in [-0.2, -0.15) is 0 Å². The minimum absolute atomic E-state index is 0.00575. The number of rotatable bonds is 12. The molecule has 5 N–H and O–H groups in total. The molecule has 288 valence electrons. The highest BCUT2D eigenvalue weighted by Gasteiger charge is 2.32. The number of aliphatic hydroxyl groups is 1. The van der Waals surface area contributed by atoms with E-state index in [2.05, 4.69) is 20.1 Å². The van der Waals surface area contributed by atoms with E-state index in [9.17, 15) is 31.5 Å². The number of hydrogen-bond acceptors (Lipinski definition) is 11. The lowest BCUT2D eigenvalue weighted by Gasteiger charge is -2.32. The summed E-state index contributed by atoms with van der Waals surface area (Å²) in [5.41, 5.74) is -2.03. The maximum Gasteiger partial charge on any atom is 0.407 e. The van der Waals surface area contributed by atoms with Crippen LogP contribution in [0.2, 0.25) is 0 Å². The Morgan fingerprint density at radius 1 is 0.700 bits per heavy atom. The van der Waals surface area contributed by atoms with Crippen molar-refractivity contribution in [2.24, 2.45) is 10.8 Å². The van der Waals surface area contributed by atoms with Crippen LogP contribution in [-0.2, 0) is 42.0 Å². The number of amides is 2. The van der Waals surface area contributed by atoms with Crippen molar-refractivity contribution in [2.45, 2.75) is 129 Å². The van der Waals surface area contributed by atoms with E-state index in [0.717, 1.165) is 0 Å². The van der Waals surface area contributed by atoms with E-state index in [0.29, 0.717) is 9.75 Å². The molecule has 0 spiro atoms. The molecule has 2 heterocycles. The highest BCUT2D eigenvalue weighted by atomic mass is 35.5. The average molecular weight is 804 g/mol. The van der Waals surface area contributed by atoms with Crippen molar-refractivity contribution in [2.75, 3.05) is 13.1 Å². The fourth-order valence-corrected chi connectivity index (χ4v) is 9.03. The Hall–Kier alpha value is -1.99. The summed E-state index contributed by atoms with van der Waals surface area (Å²) in [4.78, 5) is 25.3. The summed E-state index contributed by atoms with van der Waals surface area (Å²) in [6.07, 6.45) is -1.18. The van der Waals surface area contributed by atoms with Gasteiger partial charge in [-0.15, -0.1) is 34.3 Å². The molecule has 0 fully saturated rings. The lowest BCUT2D eigenvalue weighted by molar-refractivity contribution is 0.0456. The second kappa shape index (κ2) is 18.2. The molecule has 2 aromatic rings. The van der Waals surface area contributed by atoms with Gasteiger partial charge in [0, 0.05) is 22.8 Å². The van der Waals surface area contributed by atoms with Crippen LogP contribution in [0.1, 0.15) is 92.8 Å². The first-order chi connectivity index (χ1) is 22.5. The van der Waals surface area contributed by atoms with Crippen LogP contribution in [0, 0.1) is 10.8 Å². The lowest BCUT2D eigenvalue weighted by Crippen LogP contribution is -2.51. The number of nitrogens with one attached hydrogen (secondary N) is 4. The third-order valence-electron chi connectivity index (χ3n) is 6.68. The minimum Gasteiger partial charge on any atom is -0.444 e. The van der Waals surface area contributed by atoms with Crippen LogP contribution in [0.3, 0.4) is 0 Å². The molecule has 18 heteroatoms. The monoisotopic (exact) mass is 802 g/mol.